The smallest absolute Gasteiger partial charge is 0.316 e. The van der Waals surface area contributed by atoms with Crippen molar-refractivity contribution in [1.82, 2.24) is 14.7 Å². The van der Waals surface area contributed by atoms with Crippen molar-refractivity contribution in [1.29, 1.82) is 0 Å². The molecule has 0 bridgehead atoms. The van der Waals surface area contributed by atoms with Crippen molar-refractivity contribution in [3.05, 3.63) is 53.1 Å². The minimum absolute atomic E-state index is 0.198. The van der Waals surface area contributed by atoms with Crippen LogP contribution in [0.2, 0.25) is 0 Å². The summed E-state index contributed by atoms with van der Waals surface area (Å²) in [4.78, 5) is 15.3. The minimum Gasteiger partial charge on any atom is -0.468 e. The van der Waals surface area contributed by atoms with Gasteiger partial charge >= 0.3 is 5.97 Å². The Hall–Kier alpha value is -2.25. The third kappa shape index (κ3) is 4.01. The molecule has 0 radical (unpaired) electrons. The van der Waals surface area contributed by atoms with Crippen LogP contribution in [0.3, 0.4) is 0 Å². The highest BCUT2D eigenvalue weighted by Crippen LogP contribution is 2.50. The molecule has 1 aliphatic heterocycles. The first-order valence-electron chi connectivity index (χ1n) is 10.7. The SMILES string of the molecule is COC(=O)[C@@]1(c2cccc(F)c2C)CCC(c2cnn(CCN3CCOCC3)c2)C1. The van der Waals surface area contributed by atoms with Crippen molar-refractivity contribution in [3.63, 3.8) is 0 Å². The van der Waals surface area contributed by atoms with Gasteiger partial charge in [-0.2, -0.15) is 5.10 Å². The Morgan fingerprint density at radius 3 is 2.90 bits per heavy atom. The monoisotopic (exact) mass is 415 g/mol. The summed E-state index contributed by atoms with van der Waals surface area (Å²) in [5.41, 5.74) is 1.61. The van der Waals surface area contributed by atoms with E-state index in [-0.39, 0.29) is 17.7 Å². The standard InChI is InChI=1S/C23H30FN3O3/c1-17-20(4-3-5-21(17)24)23(22(28)29-2)7-6-18(14-23)19-15-25-27(16-19)9-8-26-10-12-30-13-11-26/h3-5,15-16,18H,6-14H2,1-2H3/t18?,23-/m0/s1. The van der Waals surface area contributed by atoms with E-state index in [4.69, 9.17) is 9.47 Å². The molecule has 1 saturated carbocycles. The molecule has 2 aromatic rings. The number of ether oxygens (including phenoxy) is 2. The maximum atomic E-state index is 14.3. The first-order valence-corrected chi connectivity index (χ1v) is 10.7. The zero-order valence-electron chi connectivity index (χ0n) is 17.8. The number of benzene rings is 1. The number of hydrogen-bond donors (Lipinski definition) is 0. The van der Waals surface area contributed by atoms with E-state index in [0.717, 1.165) is 56.9 Å². The lowest BCUT2D eigenvalue weighted by molar-refractivity contribution is -0.147. The number of carbonyl (C=O) groups excluding carboxylic acids is 1. The van der Waals surface area contributed by atoms with Gasteiger partial charge in [0.25, 0.3) is 0 Å². The molecule has 2 heterocycles. The Bertz CT molecular complexity index is 894. The Labute approximate surface area is 177 Å². The van der Waals surface area contributed by atoms with E-state index in [0.29, 0.717) is 18.4 Å². The third-order valence-electron chi connectivity index (χ3n) is 6.75. The predicted octanol–water partition coefficient (Wildman–Crippen LogP) is 3.04. The van der Waals surface area contributed by atoms with E-state index in [1.54, 1.807) is 13.0 Å². The average molecular weight is 416 g/mol. The van der Waals surface area contributed by atoms with Crippen molar-refractivity contribution < 1.29 is 18.7 Å². The van der Waals surface area contributed by atoms with Gasteiger partial charge < -0.3 is 9.47 Å². The number of rotatable bonds is 6. The first-order chi connectivity index (χ1) is 14.5. The molecule has 1 unspecified atom stereocenters. The first kappa shape index (κ1) is 21.0. The molecule has 0 amide bonds. The van der Waals surface area contributed by atoms with Crippen LogP contribution in [0.25, 0.3) is 0 Å². The van der Waals surface area contributed by atoms with Gasteiger partial charge in [-0.25, -0.2) is 4.39 Å². The van der Waals surface area contributed by atoms with Gasteiger partial charge in [-0.1, -0.05) is 12.1 Å². The molecule has 1 aliphatic carbocycles. The number of halogens is 1. The second kappa shape index (κ2) is 8.86. The van der Waals surface area contributed by atoms with Gasteiger partial charge in [0, 0.05) is 25.8 Å². The van der Waals surface area contributed by atoms with Gasteiger partial charge in [-0.3, -0.25) is 14.4 Å². The molecule has 1 aromatic carbocycles. The van der Waals surface area contributed by atoms with Crippen LogP contribution in [-0.4, -0.2) is 60.6 Å². The van der Waals surface area contributed by atoms with Crippen LogP contribution in [0.1, 0.15) is 41.9 Å². The van der Waals surface area contributed by atoms with Crippen LogP contribution in [0.4, 0.5) is 4.39 Å². The molecular formula is C23H30FN3O3. The van der Waals surface area contributed by atoms with E-state index in [9.17, 15) is 9.18 Å². The summed E-state index contributed by atoms with van der Waals surface area (Å²) in [5, 5.41) is 4.54. The number of aromatic nitrogens is 2. The van der Waals surface area contributed by atoms with Gasteiger partial charge in [0.05, 0.1) is 38.5 Å². The fourth-order valence-corrected chi connectivity index (χ4v) is 4.97. The molecule has 4 rings (SSSR count). The van der Waals surface area contributed by atoms with Gasteiger partial charge in [0.2, 0.25) is 0 Å². The summed E-state index contributed by atoms with van der Waals surface area (Å²) in [6, 6.07) is 4.98. The maximum Gasteiger partial charge on any atom is 0.316 e. The van der Waals surface area contributed by atoms with Crippen LogP contribution in [0.15, 0.2) is 30.6 Å². The fraction of sp³-hybridized carbons (Fsp3) is 0.565. The number of esters is 1. The Morgan fingerprint density at radius 2 is 2.13 bits per heavy atom. The Kier molecular flexibility index (Phi) is 6.20. The molecule has 7 heteroatoms. The van der Waals surface area contributed by atoms with Gasteiger partial charge in [-0.05, 0) is 54.9 Å². The maximum absolute atomic E-state index is 14.3. The van der Waals surface area contributed by atoms with Crippen molar-refractivity contribution >= 4 is 5.97 Å². The molecular weight excluding hydrogens is 385 g/mol. The van der Waals surface area contributed by atoms with Crippen LogP contribution >= 0.6 is 0 Å². The summed E-state index contributed by atoms with van der Waals surface area (Å²) < 4.78 is 26.8. The topological polar surface area (TPSA) is 56.6 Å². The zero-order chi connectivity index (χ0) is 21.1. The highest BCUT2D eigenvalue weighted by atomic mass is 19.1. The summed E-state index contributed by atoms with van der Waals surface area (Å²) in [5.74, 6) is -0.363. The minimum atomic E-state index is -0.804. The summed E-state index contributed by atoms with van der Waals surface area (Å²) in [6.45, 7) is 7.04. The van der Waals surface area contributed by atoms with E-state index in [1.165, 1.54) is 13.2 Å². The van der Waals surface area contributed by atoms with Crippen molar-refractivity contribution in [3.8, 4) is 0 Å². The number of methoxy groups -OCH3 is 1. The van der Waals surface area contributed by atoms with Crippen molar-refractivity contribution in [2.75, 3.05) is 40.0 Å². The molecule has 0 N–H and O–H groups in total. The van der Waals surface area contributed by atoms with E-state index < -0.39 is 5.41 Å². The highest BCUT2D eigenvalue weighted by Gasteiger charge is 2.49. The molecule has 2 fully saturated rings. The molecule has 1 aromatic heterocycles. The van der Waals surface area contributed by atoms with E-state index >= 15 is 0 Å². The molecule has 1 saturated heterocycles. The lowest BCUT2D eigenvalue weighted by atomic mass is 9.75. The van der Waals surface area contributed by atoms with Gasteiger partial charge in [0.15, 0.2) is 0 Å². The number of carbonyl (C=O) groups is 1. The lowest BCUT2D eigenvalue weighted by Crippen LogP contribution is -2.38. The van der Waals surface area contributed by atoms with Crippen LogP contribution < -0.4 is 0 Å². The largest absolute Gasteiger partial charge is 0.468 e. The molecule has 162 valence electrons. The Balaban J connectivity index is 1.49. The number of nitrogens with zero attached hydrogens (tertiary/aromatic N) is 3. The predicted molar refractivity (Wildman–Crippen MR) is 111 cm³/mol. The molecule has 2 atom stereocenters. The molecule has 2 aliphatic rings. The second-order valence-corrected chi connectivity index (χ2v) is 8.42. The summed E-state index contributed by atoms with van der Waals surface area (Å²) in [7, 11) is 1.41. The normalized spacial score (nSPS) is 24.8. The quantitative estimate of drug-likeness (QED) is 0.679. The van der Waals surface area contributed by atoms with Crippen molar-refractivity contribution in [2.24, 2.45) is 0 Å². The Morgan fingerprint density at radius 1 is 1.33 bits per heavy atom. The van der Waals surface area contributed by atoms with Crippen molar-refractivity contribution in [2.45, 2.75) is 44.1 Å². The van der Waals surface area contributed by atoms with Crippen LogP contribution in [0, 0.1) is 12.7 Å². The second-order valence-electron chi connectivity index (χ2n) is 8.42. The molecule has 0 spiro atoms. The third-order valence-corrected chi connectivity index (χ3v) is 6.75. The average Bonchev–Trinajstić information content (AvgIpc) is 3.42. The summed E-state index contributed by atoms with van der Waals surface area (Å²) in [6.07, 6.45) is 6.11. The van der Waals surface area contributed by atoms with Gasteiger partial charge in [-0.15, -0.1) is 0 Å². The van der Waals surface area contributed by atoms with Crippen LogP contribution in [-0.2, 0) is 26.2 Å². The molecule has 6 nitrogen and oxygen atoms in total. The van der Waals surface area contributed by atoms with E-state index in [1.807, 2.05) is 16.9 Å². The van der Waals surface area contributed by atoms with E-state index in [2.05, 4.69) is 16.2 Å². The van der Waals surface area contributed by atoms with Crippen LogP contribution in [0.5, 0.6) is 0 Å². The number of morpholine rings is 1. The highest BCUT2D eigenvalue weighted by molar-refractivity contribution is 5.84. The summed E-state index contributed by atoms with van der Waals surface area (Å²) >= 11 is 0. The van der Waals surface area contributed by atoms with Gasteiger partial charge in [0.1, 0.15) is 5.82 Å². The lowest BCUT2D eigenvalue weighted by Gasteiger charge is -2.28. The zero-order valence-corrected chi connectivity index (χ0v) is 17.8. The molecule has 30 heavy (non-hydrogen) atoms. The number of hydrogen-bond acceptors (Lipinski definition) is 5. The fourth-order valence-electron chi connectivity index (χ4n) is 4.97.